The van der Waals surface area contributed by atoms with Crippen LogP contribution in [0.5, 0.6) is 0 Å². The standard InChI is InChI=1S/C14H30O/c1-11(2)6-8-13(5)10-14(15)9-7-12(3)4/h11-15H,6-10H2,1-5H3/t13-,14+/m0/s1. The van der Waals surface area contributed by atoms with Crippen LogP contribution in [-0.2, 0) is 0 Å². The maximum Gasteiger partial charge on any atom is 0.0542 e. The van der Waals surface area contributed by atoms with Gasteiger partial charge >= 0.3 is 0 Å². The second kappa shape index (κ2) is 8.15. The molecule has 0 amide bonds. The largest absolute Gasteiger partial charge is 0.393 e. The summed E-state index contributed by atoms with van der Waals surface area (Å²) in [4.78, 5) is 0. The summed E-state index contributed by atoms with van der Waals surface area (Å²) in [5.74, 6) is 2.18. The fourth-order valence-electron chi connectivity index (χ4n) is 1.84. The van der Waals surface area contributed by atoms with Crippen LogP contribution in [0, 0.1) is 17.8 Å². The van der Waals surface area contributed by atoms with E-state index in [2.05, 4.69) is 34.6 Å². The van der Waals surface area contributed by atoms with Crippen molar-refractivity contribution in [3.05, 3.63) is 0 Å². The molecular formula is C14H30O. The van der Waals surface area contributed by atoms with E-state index in [1.807, 2.05) is 0 Å². The average molecular weight is 214 g/mol. The molecule has 0 saturated heterocycles. The third kappa shape index (κ3) is 10.2. The minimum Gasteiger partial charge on any atom is -0.393 e. The molecule has 0 rings (SSSR count). The first-order chi connectivity index (χ1) is 6.91. The molecule has 0 saturated carbocycles. The monoisotopic (exact) mass is 214 g/mol. The van der Waals surface area contributed by atoms with Crippen molar-refractivity contribution in [2.75, 3.05) is 0 Å². The molecule has 0 aliphatic heterocycles. The molecule has 0 spiro atoms. The predicted octanol–water partition coefficient (Wildman–Crippen LogP) is 4.25. The average Bonchev–Trinajstić information content (AvgIpc) is 2.11. The van der Waals surface area contributed by atoms with Gasteiger partial charge in [0.05, 0.1) is 6.10 Å². The highest BCUT2D eigenvalue weighted by atomic mass is 16.3. The van der Waals surface area contributed by atoms with E-state index in [1.54, 1.807) is 0 Å². The van der Waals surface area contributed by atoms with Crippen molar-refractivity contribution in [1.82, 2.24) is 0 Å². The SMILES string of the molecule is CC(C)CC[C@H](C)C[C@H](O)CCC(C)C. The highest BCUT2D eigenvalue weighted by Crippen LogP contribution is 2.19. The number of rotatable bonds is 8. The topological polar surface area (TPSA) is 20.2 Å². The van der Waals surface area contributed by atoms with Gasteiger partial charge < -0.3 is 5.11 Å². The van der Waals surface area contributed by atoms with Crippen LogP contribution in [0.15, 0.2) is 0 Å². The van der Waals surface area contributed by atoms with Crippen molar-refractivity contribution < 1.29 is 5.11 Å². The van der Waals surface area contributed by atoms with Gasteiger partial charge in [-0.1, -0.05) is 47.5 Å². The Kier molecular flexibility index (Phi) is 8.13. The fraction of sp³-hybridized carbons (Fsp3) is 1.00. The summed E-state index contributed by atoms with van der Waals surface area (Å²) >= 11 is 0. The summed E-state index contributed by atoms with van der Waals surface area (Å²) in [6.45, 7) is 11.2. The molecule has 0 aromatic heterocycles. The van der Waals surface area contributed by atoms with E-state index >= 15 is 0 Å². The molecule has 0 radical (unpaired) electrons. The van der Waals surface area contributed by atoms with Crippen LogP contribution in [0.1, 0.15) is 66.7 Å². The zero-order valence-electron chi connectivity index (χ0n) is 11.3. The molecule has 0 unspecified atom stereocenters. The van der Waals surface area contributed by atoms with Gasteiger partial charge in [0, 0.05) is 0 Å². The van der Waals surface area contributed by atoms with E-state index in [0.29, 0.717) is 11.8 Å². The Balaban J connectivity index is 3.52. The van der Waals surface area contributed by atoms with Gasteiger partial charge in [0.15, 0.2) is 0 Å². The van der Waals surface area contributed by atoms with Crippen LogP contribution in [0.2, 0.25) is 0 Å². The van der Waals surface area contributed by atoms with E-state index in [1.165, 1.54) is 12.8 Å². The van der Waals surface area contributed by atoms with Crippen LogP contribution in [0.3, 0.4) is 0 Å². The molecule has 0 fully saturated rings. The Bertz CT molecular complexity index is 124. The van der Waals surface area contributed by atoms with Crippen molar-refractivity contribution >= 4 is 0 Å². The molecule has 0 aliphatic carbocycles. The first-order valence-electron chi connectivity index (χ1n) is 6.59. The van der Waals surface area contributed by atoms with Gasteiger partial charge in [0.2, 0.25) is 0 Å². The third-order valence-electron chi connectivity index (χ3n) is 2.99. The van der Waals surface area contributed by atoms with Gasteiger partial charge in [-0.15, -0.1) is 0 Å². The lowest BCUT2D eigenvalue weighted by Crippen LogP contribution is -2.13. The fourth-order valence-corrected chi connectivity index (χ4v) is 1.84. The third-order valence-corrected chi connectivity index (χ3v) is 2.99. The predicted molar refractivity (Wildman–Crippen MR) is 67.9 cm³/mol. The summed E-state index contributed by atoms with van der Waals surface area (Å²) in [5, 5.41) is 9.83. The molecule has 0 heterocycles. The van der Waals surface area contributed by atoms with Crippen molar-refractivity contribution in [2.45, 2.75) is 72.8 Å². The van der Waals surface area contributed by atoms with Gasteiger partial charge in [-0.05, 0) is 37.0 Å². The van der Waals surface area contributed by atoms with E-state index in [-0.39, 0.29) is 6.10 Å². The van der Waals surface area contributed by atoms with Crippen molar-refractivity contribution in [3.63, 3.8) is 0 Å². The minimum atomic E-state index is -0.0745. The lowest BCUT2D eigenvalue weighted by atomic mass is 9.92. The second-order valence-corrected chi connectivity index (χ2v) is 5.94. The smallest absolute Gasteiger partial charge is 0.0542 e. The summed E-state index contributed by atoms with van der Waals surface area (Å²) in [6.07, 6.45) is 5.59. The number of hydrogen-bond donors (Lipinski definition) is 1. The lowest BCUT2D eigenvalue weighted by molar-refractivity contribution is 0.126. The van der Waals surface area contributed by atoms with Crippen LogP contribution in [0.4, 0.5) is 0 Å². The highest BCUT2D eigenvalue weighted by Gasteiger charge is 2.11. The first-order valence-corrected chi connectivity index (χ1v) is 6.59. The minimum absolute atomic E-state index is 0.0745. The molecule has 1 N–H and O–H groups in total. The van der Waals surface area contributed by atoms with E-state index < -0.39 is 0 Å². The quantitative estimate of drug-likeness (QED) is 0.640. The van der Waals surface area contributed by atoms with Gasteiger partial charge in [0.25, 0.3) is 0 Å². The molecule has 0 aromatic carbocycles. The molecule has 2 atom stereocenters. The molecule has 92 valence electrons. The van der Waals surface area contributed by atoms with Crippen molar-refractivity contribution in [2.24, 2.45) is 17.8 Å². The number of hydrogen-bond acceptors (Lipinski definition) is 1. The van der Waals surface area contributed by atoms with Gasteiger partial charge in [-0.3, -0.25) is 0 Å². The van der Waals surface area contributed by atoms with E-state index in [4.69, 9.17) is 0 Å². The molecule has 15 heavy (non-hydrogen) atoms. The molecular weight excluding hydrogens is 184 g/mol. The number of aliphatic hydroxyl groups excluding tert-OH is 1. The summed E-state index contributed by atoms with van der Waals surface area (Å²) in [5.41, 5.74) is 0. The Morgan fingerprint density at radius 1 is 0.733 bits per heavy atom. The Hall–Kier alpha value is -0.0400. The molecule has 0 aliphatic rings. The normalized spacial score (nSPS) is 16.0. The molecule has 0 bridgehead atoms. The summed E-state index contributed by atoms with van der Waals surface area (Å²) < 4.78 is 0. The van der Waals surface area contributed by atoms with Crippen molar-refractivity contribution in [1.29, 1.82) is 0 Å². The Morgan fingerprint density at radius 2 is 1.20 bits per heavy atom. The lowest BCUT2D eigenvalue weighted by Gasteiger charge is -2.18. The summed E-state index contributed by atoms with van der Waals surface area (Å²) in [7, 11) is 0. The van der Waals surface area contributed by atoms with Gasteiger partial charge in [-0.25, -0.2) is 0 Å². The Labute approximate surface area is 96.3 Å². The maximum absolute atomic E-state index is 9.83. The molecule has 0 aromatic rings. The van der Waals surface area contributed by atoms with Gasteiger partial charge in [0.1, 0.15) is 0 Å². The summed E-state index contributed by atoms with van der Waals surface area (Å²) in [6, 6.07) is 0. The van der Waals surface area contributed by atoms with E-state index in [0.717, 1.165) is 25.2 Å². The zero-order valence-corrected chi connectivity index (χ0v) is 11.3. The van der Waals surface area contributed by atoms with Crippen molar-refractivity contribution in [3.8, 4) is 0 Å². The van der Waals surface area contributed by atoms with Crippen LogP contribution < -0.4 is 0 Å². The van der Waals surface area contributed by atoms with Crippen LogP contribution in [-0.4, -0.2) is 11.2 Å². The number of aliphatic hydroxyl groups is 1. The van der Waals surface area contributed by atoms with Crippen LogP contribution in [0.25, 0.3) is 0 Å². The van der Waals surface area contributed by atoms with Crippen LogP contribution >= 0.6 is 0 Å². The van der Waals surface area contributed by atoms with Gasteiger partial charge in [-0.2, -0.15) is 0 Å². The highest BCUT2D eigenvalue weighted by molar-refractivity contribution is 4.63. The zero-order chi connectivity index (χ0) is 11.8. The molecule has 1 nitrogen and oxygen atoms in total. The maximum atomic E-state index is 9.83. The Morgan fingerprint density at radius 3 is 1.67 bits per heavy atom. The second-order valence-electron chi connectivity index (χ2n) is 5.94. The first kappa shape index (κ1) is 15.0. The molecule has 1 heteroatoms. The van der Waals surface area contributed by atoms with E-state index in [9.17, 15) is 5.11 Å².